The molecule has 0 saturated carbocycles. The minimum atomic E-state index is -0.177. The lowest BCUT2D eigenvalue weighted by Crippen LogP contribution is -2.46. The predicted octanol–water partition coefficient (Wildman–Crippen LogP) is 1.60. The molecule has 1 atom stereocenters. The third-order valence-corrected chi connectivity index (χ3v) is 4.84. The first-order valence-electron chi connectivity index (χ1n) is 8.10. The van der Waals surface area contributed by atoms with Gasteiger partial charge in [-0.05, 0) is 30.5 Å². The average molecular weight is 357 g/mol. The van der Waals surface area contributed by atoms with E-state index in [9.17, 15) is 4.79 Å². The molecule has 2 aliphatic rings. The molecular formula is C17H25ClN2O4. The number of halogens is 1. The van der Waals surface area contributed by atoms with Crippen LogP contribution in [-0.4, -0.2) is 39.0 Å². The van der Waals surface area contributed by atoms with Crippen LogP contribution in [0.3, 0.4) is 0 Å². The summed E-state index contributed by atoms with van der Waals surface area (Å²) >= 11 is 0. The average Bonchev–Trinajstić information content (AvgIpc) is 3.07. The predicted molar refractivity (Wildman–Crippen MR) is 92.8 cm³/mol. The Balaban J connectivity index is 0.00000208. The van der Waals surface area contributed by atoms with Gasteiger partial charge in [-0.1, -0.05) is 13.0 Å². The lowest BCUT2D eigenvalue weighted by Gasteiger charge is -2.38. The van der Waals surface area contributed by atoms with Crippen LogP contribution in [0.15, 0.2) is 18.2 Å². The molecule has 1 saturated heterocycles. The maximum atomic E-state index is 12.1. The number of hydrogen-bond acceptors (Lipinski definition) is 5. The zero-order valence-electron chi connectivity index (χ0n) is 13.9. The fourth-order valence-electron chi connectivity index (χ4n) is 3.09. The number of benzene rings is 1. The lowest BCUT2D eigenvalue weighted by molar-refractivity contribution is -0.124. The molecule has 134 valence electrons. The molecule has 0 bridgehead atoms. The van der Waals surface area contributed by atoms with Crippen LogP contribution in [0.25, 0.3) is 0 Å². The van der Waals surface area contributed by atoms with Crippen molar-refractivity contribution in [3.8, 4) is 11.5 Å². The van der Waals surface area contributed by atoms with Crippen molar-refractivity contribution >= 4 is 18.3 Å². The van der Waals surface area contributed by atoms with Crippen molar-refractivity contribution in [3.05, 3.63) is 23.8 Å². The number of fused-ring (bicyclic) bond motifs is 1. The molecule has 1 amide bonds. The van der Waals surface area contributed by atoms with Crippen molar-refractivity contribution in [3.63, 3.8) is 0 Å². The molecule has 2 heterocycles. The van der Waals surface area contributed by atoms with E-state index in [2.05, 4.69) is 11.4 Å². The minimum Gasteiger partial charge on any atom is -0.454 e. The van der Waals surface area contributed by atoms with Gasteiger partial charge < -0.3 is 25.3 Å². The van der Waals surface area contributed by atoms with Gasteiger partial charge in [0.1, 0.15) is 0 Å². The first-order chi connectivity index (χ1) is 11.1. The number of carbonyl (C=O) groups is 1. The summed E-state index contributed by atoms with van der Waals surface area (Å²) in [6.45, 7) is 4.42. The normalized spacial score (nSPS) is 19.2. The number of hydrogen-bond donors (Lipinski definition) is 2. The number of amides is 1. The Morgan fingerprint density at radius 3 is 2.71 bits per heavy atom. The van der Waals surface area contributed by atoms with Gasteiger partial charge in [-0.2, -0.15) is 0 Å². The van der Waals surface area contributed by atoms with Crippen LogP contribution in [0.2, 0.25) is 0 Å². The largest absolute Gasteiger partial charge is 0.454 e. The highest BCUT2D eigenvalue weighted by Gasteiger charge is 2.36. The van der Waals surface area contributed by atoms with Crippen molar-refractivity contribution in [2.24, 2.45) is 11.7 Å². The first kappa shape index (κ1) is 18.8. The van der Waals surface area contributed by atoms with Crippen LogP contribution in [-0.2, 0) is 14.9 Å². The van der Waals surface area contributed by atoms with Gasteiger partial charge in [0, 0.05) is 37.6 Å². The lowest BCUT2D eigenvalue weighted by atomic mass is 9.74. The first-order valence-corrected chi connectivity index (χ1v) is 8.10. The van der Waals surface area contributed by atoms with Gasteiger partial charge in [-0.25, -0.2) is 0 Å². The number of ether oxygens (including phenoxy) is 3. The number of rotatable bonds is 5. The van der Waals surface area contributed by atoms with Crippen molar-refractivity contribution in [2.45, 2.75) is 25.2 Å². The highest BCUT2D eigenvalue weighted by molar-refractivity contribution is 5.85. The van der Waals surface area contributed by atoms with E-state index in [0.717, 1.165) is 29.9 Å². The molecular weight excluding hydrogens is 332 g/mol. The maximum absolute atomic E-state index is 12.1. The summed E-state index contributed by atoms with van der Waals surface area (Å²) in [7, 11) is 0. The Morgan fingerprint density at radius 2 is 2.00 bits per heavy atom. The van der Waals surface area contributed by atoms with Crippen LogP contribution in [0.1, 0.15) is 25.3 Å². The summed E-state index contributed by atoms with van der Waals surface area (Å²) < 4.78 is 16.4. The van der Waals surface area contributed by atoms with Gasteiger partial charge in [0.15, 0.2) is 11.5 Å². The molecule has 3 N–H and O–H groups in total. The van der Waals surface area contributed by atoms with E-state index in [1.165, 1.54) is 0 Å². The van der Waals surface area contributed by atoms with E-state index in [-0.39, 0.29) is 36.4 Å². The second kappa shape index (κ2) is 8.05. The highest BCUT2D eigenvalue weighted by atomic mass is 35.5. The summed E-state index contributed by atoms with van der Waals surface area (Å²) in [4.78, 5) is 12.1. The quantitative estimate of drug-likeness (QED) is 0.837. The van der Waals surface area contributed by atoms with E-state index in [0.29, 0.717) is 26.3 Å². The number of nitrogens with one attached hydrogen (secondary N) is 1. The van der Waals surface area contributed by atoms with Crippen LogP contribution in [0.4, 0.5) is 0 Å². The van der Waals surface area contributed by atoms with E-state index in [1.54, 1.807) is 0 Å². The fraction of sp³-hybridized carbons (Fsp3) is 0.588. The smallest absolute Gasteiger partial charge is 0.231 e. The van der Waals surface area contributed by atoms with Crippen molar-refractivity contribution in [2.75, 3.05) is 33.1 Å². The summed E-state index contributed by atoms with van der Waals surface area (Å²) in [6.07, 6.45) is 1.73. The fourth-order valence-corrected chi connectivity index (χ4v) is 3.09. The molecule has 6 nitrogen and oxygen atoms in total. The molecule has 0 spiro atoms. The maximum Gasteiger partial charge on any atom is 0.231 e. The molecule has 1 unspecified atom stereocenters. The summed E-state index contributed by atoms with van der Waals surface area (Å²) in [5.41, 5.74) is 6.60. The van der Waals surface area contributed by atoms with E-state index < -0.39 is 0 Å². The highest BCUT2D eigenvalue weighted by Crippen LogP contribution is 2.40. The Bertz CT molecular complexity index is 576. The van der Waals surface area contributed by atoms with Crippen molar-refractivity contribution < 1.29 is 19.0 Å². The third-order valence-electron chi connectivity index (χ3n) is 4.84. The zero-order chi connectivity index (χ0) is 16.3. The summed E-state index contributed by atoms with van der Waals surface area (Å²) in [5, 5.41) is 3.06. The molecule has 1 aromatic carbocycles. The Hall–Kier alpha value is -1.50. The topological polar surface area (TPSA) is 82.8 Å². The van der Waals surface area contributed by atoms with Crippen LogP contribution in [0.5, 0.6) is 11.5 Å². The molecule has 24 heavy (non-hydrogen) atoms. The third kappa shape index (κ3) is 3.77. The second-order valence-electron chi connectivity index (χ2n) is 6.32. The second-order valence-corrected chi connectivity index (χ2v) is 6.32. The summed E-state index contributed by atoms with van der Waals surface area (Å²) in [5.74, 6) is 1.37. The van der Waals surface area contributed by atoms with Crippen LogP contribution in [0, 0.1) is 5.92 Å². The van der Waals surface area contributed by atoms with Crippen molar-refractivity contribution in [1.29, 1.82) is 0 Å². The van der Waals surface area contributed by atoms with E-state index >= 15 is 0 Å². The Labute approximate surface area is 148 Å². The summed E-state index contributed by atoms with van der Waals surface area (Å²) in [6, 6.07) is 6.04. The molecule has 2 aliphatic heterocycles. The monoisotopic (exact) mass is 356 g/mol. The van der Waals surface area contributed by atoms with Crippen LogP contribution >= 0.6 is 12.4 Å². The Kier molecular flexibility index (Phi) is 6.32. The van der Waals surface area contributed by atoms with Gasteiger partial charge in [0.2, 0.25) is 12.7 Å². The van der Waals surface area contributed by atoms with E-state index in [4.69, 9.17) is 19.9 Å². The van der Waals surface area contributed by atoms with Gasteiger partial charge in [0.05, 0.1) is 0 Å². The van der Waals surface area contributed by atoms with Gasteiger partial charge in [0.25, 0.3) is 0 Å². The molecule has 0 radical (unpaired) electrons. The number of nitrogens with two attached hydrogens (primary N) is 1. The Morgan fingerprint density at radius 1 is 1.29 bits per heavy atom. The number of carbonyl (C=O) groups excluding carboxylic acids is 1. The van der Waals surface area contributed by atoms with Crippen molar-refractivity contribution in [1.82, 2.24) is 5.32 Å². The molecule has 0 aromatic heterocycles. The van der Waals surface area contributed by atoms with Gasteiger partial charge >= 0.3 is 0 Å². The van der Waals surface area contributed by atoms with E-state index in [1.807, 2.05) is 19.1 Å². The standard InChI is InChI=1S/C17H24N2O4.ClH/c1-12(9-18)16(20)19-10-17(4-6-21-7-5-17)13-2-3-14-15(8-13)23-11-22-14;/h2-3,8,12H,4-7,9-11,18H2,1H3,(H,19,20);1H. The van der Waals surface area contributed by atoms with Crippen LogP contribution < -0.4 is 20.5 Å². The minimum absolute atomic E-state index is 0. The molecule has 1 aromatic rings. The molecule has 3 rings (SSSR count). The molecule has 1 fully saturated rings. The van der Waals surface area contributed by atoms with Gasteiger partial charge in [-0.15, -0.1) is 12.4 Å². The zero-order valence-corrected chi connectivity index (χ0v) is 14.7. The SMILES string of the molecule is CC(CN)C(=O)NCC1(c2ccc3c(c2)OCO3)CCOCC1.Cl. The molecule has 7 heteroatoms. The van der Waals surface area contributed by atoms with Gasteiger partial charge in [-0.3, -0.25) is 4.79 Å². The molecule has 0 aliphatic carbocycles.